The van der Waals surface area contributed by atoms with Crippen molar-refractivity contribution in [3.63, 3.8) is 0 Å². The highest BCUT2D eigenvalue weighted by Gasteiger charge is 2.22. The van der Waals surface area contributed by atoms with E-state index in [2.05, 4.69) is 61.5 Å². The minimum Gasteiger partial charge on any atom is -0.455 e. The van der Waals surface area contributed by atoms with Crippen LogP contribution in [0.25, 0.3) is 93.4 Å². The second kappa shape index (κ2) is 12.3. The highest BCUT2D eigenvalue weighted by Crippen LogP contribution is 2.42. The Kier molecular flexibility index (Phi) is 7.33. The van der Waals surface area contributed by atoms with Crippen molar-refractivity contribution in [3.05, 3.63) is 145 Å². The number of rotatable bonds is 6. The number of allylic oxidation sites excluding steroid dienone is 4. The number of nitrogens with zero attached hydrogens (tertiary/aromatic N) is 5. The molecule has 0 radical (unpaired) electrons. The molecule has 6 nitrogen and oxygen atoms in total. The molecule has 0 amide bonds. The molecule has 0 unspecified atom stereocenters. The van der Waals surface area contributed by atoms with E-state index in [1.807, 2.05) is 91.9 Å². The standard InChI is InChI=1S/C43H29N5OS/c1-3-15-26(4-2)36-39-37(29-20-11-12-25-34(29)50-39)45-42(44-36)31-22-14-24-33-35(31)30-21-13-23-32(38(30)49-33)43-47-40(27-16-7-5-8-17-27)46-41(48-43)28-18-9-6-10-19-28/h3-25H,1-2H3/b15-3-,26-4+. The molecule has 50 heavy (non-hydrogen) atoms. The van der Waals surface area contributed by atoms with Crippen LogP contribution in [0.15, 0.2) is 144 Å². The number of aromatic nitrogens is 5. The highest BCUT2D eigenvalue weighted by atomic mass is 32.1. The normalized spacial score (nSPS) is 12.2. The molecule has 4 aromatic heterocycles. The van der Waals surface area contributed by atoms with Gasteiger partial charge in [0.1, 0.15) is 11.2 Å². The molecular weight excluding hydrogens is 635 g/mol. The molecule has 0 aliphatic carbocycles. The highest BCUT2D eigenvalue weighted by molar-refractivity contribution is 7.26. The number of hydrogen-bond donors (Lipinski definition) is 0. The predicted molar refractivity (Wildman–Crippen MR) is 206 cm³/mol. The molecule has 0 fully saturated rings. The van der Waals surface area contributed by atoms with Crippen LogP contribution in [0, 0.1) is 0 Å². The monoisotopic (exact) mass is 663 g/mol. The zero-order valence-corrected chi connectivity index (χ0v) is 28.1. The number of fused-ring (bicyclic) bond motifs is 6. The largest absolute Gasteiger partial charge is 0.455 e. The van der Waals surface area contributed by atoms with Crippen LogP contribution in [0.1, 0.15) is 19.5 Å². The van der Waals surface area contributed by atoms with E-state index in [4.69, 9.17) is 29.3 Å². The van der Waals surface area contributed by atoms with Crippen LogP contribution in [0.5, 0.6) is 0 Å². The molecular formula is C43H29N5OS. The lowest BCUT2D eigenvalue weighted by Crippen LogP contribution is -2.00. The topological polar surface area (TPSA) is 77.6 Å². The molecule has 9 aromatic rings. The van der Waals surface area contributed by atoms with Crippen molar-refractivity contribution < 1.29 is 4.42 Å². The summed E-state index contributed by atoms with van der Waals surface area (Å²) in [5.41, 5.74) is 7.87. The van der Waals surface area contributed by atoms with E-state index in [0.717, 1.165) is 65.5 Å². The minimum absolute atomic E-state index is 0.540. The van der Waals surface area contributed by atoms with Gasteiger partial charge in [-0.15, -0.1) is 11.3 Å². The molecule has 5 aromatic carbocycles. The summed E-state index contributed by atoms with van der Waals surface area (Å²) in [5, 5.41) is 3.01. The van der Waals surface area contributed by atoms with Crippen LogP contribution < -0.4 is 0 Å². The maximum absolute atomic E-state index is 6.70. The Hall–Kier alpha value is -6.31. The van der Waals surface area contributed by atoms with Crippen molar-refractivity contribution in [1.29, 1.82) is 0 Å². The van der Waals surface area contributed by atoms with Gasteiger partial charge in [-0.3, -0.25) is 0 Å². The first-order chi connectivity index (χ1) is 24.7. The summed E-state index contributed by atoms with van der Waals surface area (Å²) < 4.78 is 8.95. The molecule has 0 N–H and O–H groups in total. The summed E-state index contributed by atoms with van der Waals surface area (Å²) in [4.78, 5) is 25.4. The second-order valence-electron chi connectivity index (χ2n) is 11.9. The average molecular weight is 664 g/mol. The third-order valence-corrected chi connectivity index (χ3v) is 10.0. The van der Waals surface area contributed by atoms with E-state index in [1.54, 1.807) is 11.3 Å². The fourth-order valence-corrected chi connectivity index (χ4v) is 7.69. The Balaban J connectivity index is 1.29. The van der Waals surface area contributed by atoms with Crippen molar-refractivity contribution in [2.24, 2.45) is 0 Å². The van der Waals surface area contributed by atoms with Crippen molar-refractivity contribution in [2.75, 3.05) is 0 Å². The molecule has 238 valence electrons. The lowest BCUT2D eigenvalue weighted by molar-refractivity contribution is 0.669. The van der Waals surface area contributed by atoms with Crippen molar-refractivity contribution in [1.82, 2.24) is 24.9 Å². The zero-order valence-electron chi connectivity index (χ0n) is 27.3. The number of furan rings is 1. The first kappa shape index (κ1) is 29.8. The lowest BCUT2D eigenvalue weighted by Gasteiger charge is -2.09. The molecule has 0 saturated carbocycles. The summed E-state index contributed by atoms with van der Waals surface area (Å²) >= 11 is 1.73. The van der Waals surface area contributed by atoms with Gasteiger partial charge in [0, 0.05) is 37.5 Å². The predicted octanol–water partition coefficient (Wildman–Crippen LogP) is 11.6. The first-order valence-corrected chi connectivity index (χ1v) is 17.3. The molecule has 4 heterocycles. The van der Waals surface area contributed by atoms with E-state index in [9.17, 15) is 0 Å². The van der Waals surface area contributed by atoms with E-state index < -0.39 is 0 Å². The Labute approximate surface area is 292 Å². The Bertz CT molecular complexity index is 2720. The van der Waals surface area contributed by atoms with Gasteiger partial charge in [0.05, 0.1) is 21.5 Å². The summed E-state index contributed by atoms with van der Waals surface area (Å²) in [7, 11) is 0. The van der Waals surface area contributed by atoms with Gasteiger partial charge in [-0.1, -0.05) is 121 Å². The summed E-state index contributed by atoms with van der Waals surface area (Å²) in [6.07, 6.45) is 6.27. The van der Waals surface area contributed by atoms with Crippen molar-refractivity contribution >= 4 is 59.2 Å². The minimum atomic E-state index is 0.540. The van der Waals surface area contributed by atoms with Gasteiger partial charge in [-0.2, -0.15) is 0 Å². The number of para-hydroxylation sites is 1. The lowest BCUT2D eigenvalue weighted by atomic mass is 10.0. The molecule has 0 bridgehead atoms. The Morgan fingerprint density at radius 1 is 0.580 bits per heavy atom. The average Bonchev–Trinajstić information content (AvgIpc) is 3.76. The van der Waals surface area contributed by atoms with Gasteiger partial charge in [0.2, 0.25) is 0 Å². The summed E-state index contributed by atoms with van der Waals surface area (Å²) in [6.45, 7) is 4.08. The third kappa shape index (κ3) is 4.98. The molecule has 7 heteroatoms. The van der Waals surface area contributed by atoms with Crippen LogP contribution in [0.4, 0.5) is 0 Å². The smallest absolute Gasteiger partial charge is 0.167 e. The van der Waals surface area contributed by atoms with Crippen LogP contribution in [0.2, 0.25) is 0 Å². The van der Waals surface area contributed by atoms with Gasteiger partial charge in [-0.05, 0) is 37.6 Å². The van der Waals surface area contributed by atoms with E-state index >= 15 is 0 Å². The maximum atomic E-state index is 6.70. The van der Waals surface area contributed by atoms with Crippen LogP contribution in [-0.4, -0.2) is 24.9 Å². The van der Waals surface area contributed by atoms with Gasteiger partial charge in [0.15, 0.2) is 23.3 Å². The quantitative estimate of drug-likeness (QED) is 0.165. The fraction of sp³-hybridized carbons (Fsp3) is 0.0465. The zero-order chi connectivity index (χ0) is 33.6. The first-order valence-electron chi connectivity index (χ1n) is 16.5. The van der Waals surface area contributed by atoms with E-state index in [-0.39, 0.29) is 0 Å². The fourth-order valence-electron chi connectivity index (χ4n) is 6.54. The van der Waals surface area contributed by atoms with Crippen molar-refractivity contribution in [2.45, 2.75) is 13.8 Å². The molecule has 0 spiro atoms. The van der Waals surface area contributed by atoms with E-state index in [1.165, 1.54) is 4.70 Å². The van der Waals surface area contributed by atoms with E-state index in [0.29, 0.717) is 28.9 Å². The molecule has 0 aliphatic rings. The number of hydrogen-bond acceptors (Lipinski definition) is 7. The van der Waals surface area contributed by atoms with Gasteiger partial charge in [0.25, 0.3) is 0 Å². The number of thiophene rings is 1. The third-order valence-electron chi connectivity index (χ3n) is 8.85. The van der Waals surface area contributed by atoms with Crippen LogP contribution in [-0.2, 0) is 0 Å². The second-order valence-corrected chi connectivity index (χ2v) is 13.0. The maximum Gasteiger partial charge on any atom is 0.167 e. The summed E-state index contributed by atoms with van der Waals surface area (Å²) in [5.74, 6) is 2.39. The number of benzene rings is 5. The summed E-state index contributed by atoms with van der Waals surface area (Å²) in [6, 6.07) is 40.6. The van der Waals surface area contributed by atoms with Crippen LogP contribution in [0.3, 0.4) is 0 Å². The Morgan fingerprint density at radius 3 is 1.92 bits per heavy atom. The van der Waals surface area contributed by atoms with Gasteiger partial charge in [-0.25, -0.2) is 24.9 Å². The van der Waals surface area contributed by atoms with Crippen LogP contribution >= 0.6 is 11.3 Å². The molecule has 0 aliphatic heterocycles. The molecule has 0 atom stereocenters. The molecule has 0 saturated heterocycles. The Morgan fingerprint density at radius 2 is 1.20 bits per heavy atom. The van der Waals surface area contributed by atoms with Gasteiger partial charge < -0.3 is 4.42 Å². The SMILES string of the molecule is C/C=C\C(=C/C)c1nc(-c2cccc3oc4c(-c5nc(-c6ccccc6)nc(-c6ccccc6)n5)cccc4c23)nc2c1sc1ccccc12. The van der Waals surface area contributed by atoms with Gasteiger partial charge >= 0.3 is 0 Å². The van der Waals surface area contributed by atoms with Crippen molar-refractivity contribution in [3.8, 4) is 45.6 Å². The molecule has 9 rings (SSSR count).